The molecule has 7 nitrogen and oxygen atoms in total. The van der Waals surface area contributed by atoms with Crippen LogP contribution in [0.25, 0.3) is 0 Å². The van der Waals surface area contributed by atoms with Gasteiger partial charge in [-0.1, -0.05) is 24.3 Å². The van der Waals surface area contributed by atoms with Crippen LogP contribution in [0.1, 0.15) is 77.0 Å². The zero-order valence-electron chi connectivity index (χ0n) is 17.9. The summed E-state index contributed by atoms with van der Waals surface area (Å²) in [4.78, 5) is 41.5. The Morgan fingerprint density at radius 3 is 2.42 bits per heavy atom. The lowest BCUT2D eigenvalue weighted by molar-refractivity contribution is -0.132. The van der Waals surface area contributed by atoms with Gasteiger partial charge in [0.1, 0.15) is 11.4 Å². The van der Waals surface area contributed by atoms with Gasteiger partial charge in [-0.25, -0.2) is 0 Å². The Labute approximate surface area is 181 Å². The highest BCUT2D eigenvalue weighted by molar-refractivity contribution is 5.97. The molecule has 31 heavy (non-hydrogen) atoms. The number of hydrogen-bond donors (Lipinski definition) is 1. The summed E-state index contributed by atoms with van der Waals surface area (Å²) in [6.45, 7) is 4.45. The highest BCUT2D eigenvalue weighted by Crippen LogP contribution is 2.52. The lowest BCUT2D eigenvalue weighted by atomic mass is 9.73. The van der Waals surface area contributed by atoms with Gasteiger partial charge in [0.25, 0.3) is 5.91 Å². The van der Waals surface area contributed by atoms with E-state index in [9.17, 15) is 14.4 Å². The Kier molecular flexibility index (Phi) is 4.91. The summed E-state index contributed by atoms with van der Waals surface area (Å²) >= 11 is 0. The summed E-state index contributed by atoms with van der Waals surface area (Å²) in [5.74, 6) is -0.0770. The van der Waals surface area contributed by atoms with Gasteiger partial charge in [0.05, 0.1) is 5.92 Å². The van der Waals surface area contributed by atoms with Crippen LogP contribution in [0.4, 0.5) is 0 Å². The zero-order chi connectivity index (χ0) is 21.6. The number of hydrogen-bond acceptors (Lipinski definition) is 4. The number of benzene rings is 1. The van der Waals surface area contributed by atoms with Crippen molar-refractivity contribution in [3.05, 3.63) is 52.8 Å². The van der Waals surface area contributed by atoms with E-state index in [0.29, 0.717) is 18.8 Å². The number of nitrogens with zero attached hydrogens (tertiary/aromatic N) is 3. The molecule has 162 valence electrons. The molecule has 2 aromatic rings. The van der Waals surface area contributed by atoms with Gasteiger partial charge in [0.2, 0.25) is 5.91 Å². The predicted molar refractivity (Wildman–Crippen MR) is 115 cm³/mol. The van der Waals surface area contributed by atoms with E-state index in [0.717, 1.165) is 45.2 Å². The highest BCUT2D eigenvalue weighted by Gasteiger charge is 2.48. The van der Waals surface area contributed by atoms with Crippen LogP contribution in [-0.2, 0) is 10.2 Å². The van der Waals surface area contributed by atoms with Crippen molar-refractivity contribution in [2.75, 3.05) is 26.2 Å². The molecule has 1 aromatic heterocycles. The van der Waals surface area contributed by atoms with Crippen LogP contribution in [0.3, 0.4) is 0 Å². The number of rotatable bonds is 3. The van der Waals surface area contributed by atoms with E-state index in [1.807, 2.05) is 15.9 Å². The molecule has 1 unspecified atom stereocenters. The number of Topliss-reactive ketones (excluding diaryl/α,β-unsaturated/α-hetero) is 1. The minimum absolute atomic E-state index is 0.0496. The monoisotopic (exact) mass is 420 g/mol. The molecule has 1 N–H and O–H groups in total. The molecule has 2 saturated heterocycles. The van der Waals surface area contributed by atoms with E-state index in [1.165, 1.54) is 24.1 Å². The highest BCUT2D eigenvalue weighted by atomic mass is 16.2. The van der Waals surface area contributed by atoms with Crippen molar-refractivity contribution in [1.29, 1.82) is 0 Å². The summed E-state index contributed by atoms with van der Waals surface area (Å²) in [6.07, 6.45) is 4.71. The smallest absolute Gasteiger partial charge is 0.271 e. The molecule has 0 saturated carbocycles. The van der Waals surface area contributed by atoms with Crippen molar-refractivity contribution in [1.82, 2.24) is 20.0 Å². The zero-order valence-corrected chi connectivity index (χ0v) is 17.9. The second-order valence-electron chi connectivity index (χ2n) is 9.17. The molecular formula is C24H28N4O3. The molecule has 1 aromatic carbocycles. The van der Waals surface area contributed by atoms with Crippen LogP contribution in [0.15, 0.2) is 30.3 Å². The first-order valence-electron chi connectivity index (χ1n) is 11.2. The second-order valence-corrected chi connectivity index (χ2v) is 9.17. The number of aromatic amines is 1. The minimum atomic E-state index is -0.163. The first-order chi connectivity index (χ1) is 15.0. The van der Waals surface area contributed by atoms with Gasteiger partial charge in [-0.2, -0.15) is 5.10 Å². The van der Waals surface area contributed by atoms with Gasteiger partial charge in [0.15, 0.2) is 5.78 Å². The van der Waals surface area contributed by atoms with Crippen molar-refractivity contribution in [3.63, 3.8) is 0 Å². The van der Waals surface area contributed by atoms with Crippen LogP contribution in [0.5, 0.6) is 0 Å². The fourth-order valence-corrected chi connectivity index (χ4v) is 5.67. The Hall–Kier alpha value is -2.96. The Balaban J connectivity index is 1.34. The molecule has 7 heteroatoms. The average Bonchev–Trinajstić information content (AvgIpc) is 3.54. The first-order valence-corrected chi connectivity index (χ1v) is 11.2. The Morgan fingerprint density at radius 1 is 1.03 bits per heavy atom. The third kappa shape index (κ3) is 3.36. The normalized spacial score (nSPS) is 22.0. The topological polar surface area (TPSA) is 86.4 Å². The molecule has 5 rings (SSSR count). The molecule has 3 heterocycles. The lowest BCUT2D eigenvalue weighted by Crippen LogP contribution is -2.45. The summed E-state index contributed by atoms with van der Waals surface area (Å²) in [6, 6.07) is 9.93. The second kappa shape index (κ2) is 7.62. The van der Waals surface area contributed by atoms with E-state index < -0.39 is 0 Å². The molecule has 2 aliphatic heterocycles. The third-order valence-corrected chi connectivity index (χ3v) is 7.39. The van der Waals surface area contributed by atoms with Crippen molar-refractivity contribution >= 4 is 17.6 Å². The van der Waals surface area contributed by atoms with Crippen LogP contribution in [0, 0.1) is 0 Å². The number of likely N-dealkylation sites (tertiary alicyclic amines) is 2. The Morgan fingerprint density at radius 2 is 1.74 bits per heavy atom. The number of carbonyl (C=O) groups excluding carboxylic acids is 3. The van der Waals surface area contributed by atoms with E-state index in [4.69, 9.17) is 0 Å². The molecule has 0 bridgehead atoms. The fourth-order valence-electron chi connectivity index (χ4n) is 5.67. The van der Waals surface area contributed by atoms with Crippen LogP contribution in [0.2, 0.25) is 0 Å². The molecule has 1 atom stereocenters. The maximum atomic E-state index is 13.3. The standard InChI is InChI=1S/C24H28N4O3/c1-16(29)20-14-21(26-25-20)23(31)28-12-8-24(9-13-28)15-18(17-6-2-3-7-19(17)24)22(30)27-10-4-5-11-27/h2-3,6-7,14,18H,4-5,8-13,15H2,1H3,(H,25,26). The van der Waals surface area contributed by atoms with Crippen LogP contribution >= 0.6 is 0 Å². The number of nitrogens with one attached hydrogen (secondary N) is 1. The van der Waals surface area contributed by atoms with Gasteiger partial charge in [-0.3, -0.25) is 19.5 Å². The first kappa shape index (κ1) is 20.0. The number of piperidine rings is 1. The van der Waals surface area contributed by atoms with Crippen molar-refractivity contribution in [2.24, 2.45) is 0 Å². The summed E-state index contributed by atoms with van der Waals surface area (Å²) in [5, 5.41) is 6.64. The SMILES string of the molecule is CC(=O)c1cc(C(=O)N2CCC3(CC2)CC(C(=O)N2CCCC2)c2ccccc23)[nH]n1. The minimum Gasteiger partial charge on any atom is -0.342 e. The van der Waals surface area contributed by atoms with Gasteiger partial charge in [-0.05, 0) is 49.3 Å². The van der Waals surface area contributed by atoms with Crippen molar-refractivity contribution in [3.8, 4) is 0 Å². The quantitative estimate of drug-likeness (QED) is 0.774. The van der Waals surface area contributed by atoms with E-state index >= 15 is 0 Å². The van der Waals surface area contributed by atoms with Crippen LogP contribution in [-0.4, -0.2) is 63.8 Å². The average molecular weight is 421 g/mol. The predicted octanol–water partition coefficient (Wildman–Crippen LogP) is 2.90. The number of ketones is 1. The molecule has 1 aliphatic carbocycles. The largest absolute Gasteiger partial charge is 0.342 e. The van der Waals surface area contributed by atoms with Gasteiger partial charge in [-0.15, -0.1) is 0 Å². The molecule has 2 amide bonds. The molecule has 2 fully saturated rings. The van der Waals surface area contributed by atoms with Gasteiger partial charge in [0, 0.05) is 38.5 Å². The third-order valence-electron chi connectivity index (χ3n) is 7.39. The number of H-pyrrole nitrogens is 1. The van der Waals surface area contributed by atoms with E-state index in [1.54, 1.807) is 0 Å². The number of fused-ring (bicyclic) bond motifs is 2. The molecule has 1 spiro atoms. The van der Waals surface area contributed by atoms with Crippen molar-refractivity contribution in [2.45, 2.75) is 50.4 Å². The molecule has 0 radical (unpaired) electrons. The van der Waals surface area contributed by atoms with Gasteiger partial charge < -0.3 is 9.80 Å². The summed E-state index contributed by atoms with van der Waals surface area (Å²) < 4.78 is 0. The molecule has 3 aliphatic rings. The lowest BCUT2D eigenvalue weighted by Gasteiger charge is -2.40. The fraction of sp³-hybridized carbons (Fsp3) is 0.500. The van der Waals surface area contributed by atoms with E-state index in [2.05, 4.69) is 28.4 Å². The molecular weight excluding hydrogens is 392 g/mol. The van der Waals surface area contributed by atoms with Gasteiger partial charge >= 0.3 is 0 Å². The maximum Gasteiger partial charge on any atom is 0.271 e. The summed E-state index contributed by atoms with van der Waals surface area (Å²) in [5.41, 5.74) is 3.06. The summed E-state index contributed by atoms with van der Waals surface area (Å²) in [7, 11) is 0. The van der Waals surface area contributed by atoms with Crippen LogP contribution < -0.4 is 0 Å². The Bertz CT molecular complexity index is 1030. The number of aromatic nitrogens is 2. The van der Waals surface area contributed by atoms with E-state index in [-0.39, 0.29) is 34.6 Å². The number of carbonyl (C=O) groups is 3. The van der Waals surface area contributed by atoms with Crippen molar-refractivity contribution < 1.29 is 14.4 Å². The maximum absolute atomic E-state index is 13.3. The number of amides is 2.